The fraction of sp³-hybridized carbons (Fsp3) is 0.316. The first kappa shape index (κ1) is 20.6. The second-order valence-corrected chi connectivity index (χ2v) is 7.40. The molecule has 144 valence electrons. The van der Waals surface area contributed by atoms with Crippen molar-refractivity contribution in [1.82, 2.24) is 5.32 Å². The standard InChI is InChI=1S/C19H20ClFN2O4/c1-19(2,3)27-18(24)22-16(12-7-9-14(20)10-8-12)17(23(25)26)13-5-4-6-15(21)11-13/h4-11,16-17H,1-3H3,(H,22,24)/t16-,17+/m1/s1. The first-order chi connectivity index (χ1) is 12.6. The van der Waals surface area contributed by atoms with Crippen molar-refractivity contribution in [3.05, 3.63) is 80.6 Å². The predicted molar refractivity (Wildman–Crippen MR) is 99.7 cm³/mol. The fourth-order valence-electron chi connectivity index (χ4n) is 2.58. The van der Waals surface area contributed by atoms with Gasteiger partial charge in [0.15, 0.2) is 0 Å². The largest absolute Gasteiger partial charge is 0.444 e. The summed E-state index contributed by atoms with van der Waals surface area (Å²) in [5, 5.41) is 14.8. The lowest BCUT2D eigenvalue weighted by atomic mass is 9.94. The normalized spacial score (nSPS) is 13.5. The molecule has 1 N–H and O–H groups in total. The minimum atomic E-state index is -1.42. The van der Waals surface area contributed by atoms with Gasteiger partial charge in [0.05, 0.1) is 0 Å². The van der Waals surface area contributed by atoms with E-state index >= 15 is 0 Å². The van der Waals surface area contributed by atoms with Crippen LogP contribution in [0.25, 0.3) is 0 Å². The molecular weight excluding hydrogens is 375 g/mol. The molecule has 0 aliphatic carbocycles. The van der Waals surface area contributed by atoms with E-state index in [1.807, 2.05) is 0 Å². The molecule has 1 amide bonds. The quantitative estimate of drug-likeness (QED) is 0.567. The molecule has 0 saturated carbocycles. The minimum Gasteiger partial charge on any atom is -0.444 e. The lowest BCUT2D eigenvalue weighted by Crippen LogP contribution is -2.39. The second kappa shape index (κ2) is 8.35. The Morgan fingerprint density at radius 3 is 2.33 bits per heavy atom. The van der Waals surface area contributed by atoms with Gasteiger partial charge in [-0.3, -0.25) is 10.1 Å². The van der Waals surface area contributed by atoms with Gasteiger partial charge in [-0.1, -0.05) is 35.9 Å². The van der Waals surface area contributed by atoms with Crippen molar-refractivity contribution in [2.75, 3.05) is 0 Å². The van der Waals surface area contributed by atoms with Crippen molar-refractivity contribution in [2.24, 2.45) is 0 Å². The molecule has 27 heavy (non-hydrogen) atoms. The van der Waals surface area contributed by atoms with E-state index in [4.69, 9.17) is 16.3 Å². The summed E-state index contributed by atoms with van der Waals surface area (Å²) in [6, 6.07) is 8.84. The van der Waals surface area contributed by atoms with Gasteiger partial charge in [0.25, 0.3) is 6.04 Å². The molecule has 0 fully saturated rings. The molecule has 0 heterocycles. The van der Waals surface area contributed by atoms with E-state index in [2.05, 4.69) is 5.32 Å². The van der Waals surface area contributed by atoms with Crippen LogP contribution in [0.5, 0.6) is 0 Å². The number of hydrogen-bond acceptors (Lipinski definition) is 4. The second-order valence-electron chi connectivity index (χ2n) is 6.96. The Labute approximate surface area is 161 Å². The number of carbonyl (C=O) groups excluding carboxylic acids is 1. The van der Waals surface area contributed by atoms with Gasteiger partial charge >= 0.3 is 6.09 Å². The molecular formula is C19H20ClFN2O4. The molecule has 6 nitrogen and oxygen atoms in total. The zero-order valence-electron chi connectivity index (χ0n) is 15.1. The zero-order valence-corrected chi connectivity index (χ0v) is 15.9. The summed E-state index contributed by atoms with van der Waals surface area (Å²) in [6.07, 6.45) is -0.814. The first-order valence-electron chi connectivity index (χ1n) is 8.21. The lowest BCUT2D eigenvalue weighted by molar-refractivity contribution is -0.534. The van der Waals surface area contributed by atoms with Gasteiger partial charge in [-0.2, -0.15) is 0 Å². The number of nitrogens with one attached hydrogen (secondary N) is 1. The predicted octanol–water partition coefficient (Wildman–Crippen LogP) is 5.06. The molecule has 0 aromatic heterocycles. The summed E-state index contributed by atoms with van der Waals surface area (Å²) in [5.74, 6) is -0.605. The molecule has 0 radical (unpaired) electrons. The molecule has 0 unspecified atom stereocenters. The Bertz CT molecular complexity index is 821. The Hall–Kier alpha value is -2.67. The van der Waals surface area contributed by atoms with Crippen molar-refractivity contribution >= 4 is 17.7 Å². The van der Waals surface area contributed by atoms with E-state index in [-0.39, 0.29) is 5.56 Å². The Kier molecular flexibility index (Phi) is 6.38. The van der Waals surface area contributed by atoms with Crippen molar-refractivity contribution in [3.8, 4) is 0 Å². The number of halogens is 2. The fourth-order valence-corrected chi connectivity index (χ4v) is 2.70. The number of hydrogen-bond donors (Lipinski definition) is 1. The molecule has 2 aromatic carbocycles. The summed E-state index contributed by atoms with van der Waals surface area (Å²) >= 11 is 5.89. The Morgan fingerprint density at radius 2 is 1.81 bits per heavy atom. The van der Waals surface area contributed by atoms with Crippen LogP contribution in [0.4, 0.5) is 9.18 Å². The average molecular weight is 395 g/mol. The van der Waals surface area contributed by atoms with Gasteiger partial charge in [0, 0.05) is 15.5 Å². The number of carbonyl (C=O) groups is 1. The smallest absolute Gasteiger partial charge is 0.408 e. The van der Waals surface area contributed by atoms with E-state index in [9.17, 15) is 19.3 Å². The van der Waals surface area contributed by atoms with Crippen LogP contribution in [0.3, 0.4) is 0 Å². The number of ether oxygens (including phenoxy) is 1. The van der Waals surface area contributed by atoms with Crippen molar-refractivity contribution in [1.29, 1.82) is 0 Å². The Morgan fingerprint density at radius 1 is 1.19 bits per heavy atom. The molecule has 8 heteroatoms. The van der Waals surface area contributed by atoms with Gasteiger partial charge in [0.2, 0.25) is 0 Å². The summed E-state index contributed by atoms with van der Waals surface area (Å²) in [5.41, 5.74) is -0.218. The van der Waals surface area contributed by atoms with Crippen molar-refractivity contribution in [3.63, 3.8) is 0 Å². The maximum atomic E-state index is 13.6. The third-order valence-corrected chi connectivity index (χ3v) is 3.89. The monoisotopic (exact) mass is 394 g/mol. The summed E-state index contributed by atoms with van der Waals surface area (Å²) in [4.78, 5) is 23.5. The number of nitro groups is 1. The summed E-state index contributed by atoms with van der Waals surface area (Å²) < 4.78 is 18.9. The lowest BCUT2D eigenvalue weighted by Gasteiger charge is -2.26. The van der Waals surface area contributed by atoms with Crippen LogP contribution in [0.1, 0.15) is 44.0 Å². The first-order valence-corrected chi connectivity index (χ1v) is 8.58. The molecule has 0 saturated heterocycles. The Balaban J connectivity index is 2.46. The highest BCUT2D eigenvalue weighted by Gasteiger charge is 2.37. The molecule has 2 aromatic rings. The number of alkyl carbamates (subject to hydrolysis) is 1. The molecule has 2 rings (SSSR count). The van der Waals surface area contributed by atoms with Gasteiger partial charge in [0.1, 0.15) is 17.5 Å². The summed E-state index contributed by atoms with van der Waals surface area (Å²) in [7, 11) is 0. The van der Waals surface area contributed by atoms with Crippen molar-refractivity contribution < 1.29 is 18.8 Å². The van der Waals surface area contributed by atoms with Crippen LogP contribution in [-0.2, 0) is 4.74 Å². The van der Waals surface area contributed by atoms with E-state index in [0.717, 1.165) is 6.07 Å². The van der Waals surface area contributed by atoms with Crippen LogP contribution < -0.4 is 5.32 Å². The molecule has 2 atom stereocenters. The van der Waals surface area contributed by atoms with Crippen LogP contribution in [0.15, 0.2) is 48.5 Å². The molecule has 0 aliphatic heterocycles. The molecule has 0 aliphatic rings. The highest BCUT2D eigenvalue weighted by Crippen LogP contribution is 2.33. The van der Waals surface area contributed by atoms with E-state index in [1.54, 1.807) is 45.0 Å². The van der Waals surface area contributed by atoms with Crippen LogP contribution >= 0.6 is 11.6 Å². The minimum absolute atomic E-state index is 0.121. The van der Waals surface area contributed by atoms with E-state index in [0.29, 0.717) is 10.6 Å². The van der Waals surface area contributed by atoms with Gasteiger partial charge in [-0.25, -0.2) is 9.18 Å². The zero-order chi connectivity index (χ0) is 20.2. The molecule has 0 spiro atoms. The summed E-state index contributed by atoms with van der Waals surface area (Å²) in [6.45, 7) is 5.05. The van der Waals surface area contributed by atoms with Crippen LogP contribution in [0, 0.1) is 15.9 Å². The van der Waals surface area contributed by atoms with Crippen molar-refractivity contribution in [2.45, 2.75) is 38.5 Å². The van der Waals surface area contributed by atoms with Crippen LogP contribution in [0.2, 0.25) is 5.02 Å². The number of rotatable bonds is 5. The molecule has 0 bridgehead atoms. The van der Waals surface area contributed by atoms with Crippen LogP contribution in [-0.4, -0.2) is 16.6 Å². The number of amides is 1. The maximum Gasteiger partial charge on any atom is 0.408 e. The van der Waals surface area contributed by atoms with Gasteiger partial charge in [-0.15, -0.1) is 0 Å². The number of benzene rings is 2. The van der Waals surface area contributed by atoms with E-state index in [1.165, 1.54) is 18.2 Å². The maximum absolute atomic E-state index is 13.6. The number of nitrogens with zero attached hydrogens (tertiary/aromatic N) is 1. The SMILES string of the molecule is CC(C)(C)OC(=O)N[C@H](c1ccc(Cl)cc1)[C@H](c1cccc(F)c1)[N+](=O)[O-]. The average Bonchev–Trinajstić information content (AvgIpc) is 2.53. The van der Waals surface area contributed by atoms with Gasteiger partial charge < -0.3 is 10.1 Å². The third-order valence-electron chi connectivity index (χ3n) is 3.63. The highest BCUT2D eigenvalue weighted by atomic mass is 35.5. The third kappa shape index (κ3) is 5.92. The topological polar surface area (TPSA) is 81.5 Å². The van der Waals surface area contributed by atoms with E-state index < -0.39 is 34.5 Å². The van der Waals surface area contributed by atoms with Gasteiger partial charge in [-0.05, 0) is 50.6 Å². The highest BCUT2D eigenvalue weighted by molar-refractivity contribution is 6.30.